The van der Waals surface area contributed by atoms with Gasteiger partial charge in [0.05, 0.1) is 6.61 Å². The first kappa shape index (κ1) is 11.1. The third-order valence-electron chi connectivity index (χ3n) is 3.09. The van der Waals surface area contributed by atoms with Crippen molar-refractivity contribution in [2.45, 2.75) is 6.42 Å². The molecule has 3 nitrogen and oxygen atoms in total. The normalized spacial score (nSPS) is 20.1. The van der Waals surface area contributed by atoms with Crippen LogP contribution in [0, 0.1) is 5.92 Å². The van der Waals surface area contributed by atoms with Crippen LogP contribution in [0.2, 0.25) is 0 Å². The SMILES string of the molecule is COCC1CCN(c2ccccc2C=O)C1. The number of benzene rings is 1. The molecule has 0 aliphatic carbocycles. The lowest BCUT2D eigenvalue weighted by molar-refractivity contribution is 0.112. The molecule has 1 aliphatic rings. The lowest BCUT2D eigenvalue weighted by atomic mass is 10.1. The molecule has 0 aromatic heterocycles. The zero-order valence-corrected chi connectivity index (χ0v) is 9.56. The van der Waals surface area contributed by atoms with Gasteiger partial charge in [0.25, 0.3) is 0 Å². The lowest BCUT2D eigenvalue weighted by Crippen LogP contribution is -2.22. The fourth-order valence-electron chi connectivity index (χ4n) is 2.30. The molecule has 86 valence electrons. The summed E-state index contributed by atoms with van der Waals surface area (Å²) >= 11 is 0. The summed E-state index contributed by atoms with van der Waals surface area (Å²) in [6.07, 6.45) is 2.07. The van der Waals surface area contributed by atoms with Crippen LogP contribution in [-0.4, -0.2) is 33.1 Å². The predicted octanol–water partition coefficient (Wildman–Crippen LogP) is 1.97. The first-order valence-corrected chi connectivity index (χ1v) is 5.63. The fourth-order valence-corrected chi connectivity index (χ4v) is 2.30. The number of anilines is 1. The van der Waals surface area contributed by atoms with Crippen LogP contribution in [0.5, 0.6) is 0 Å². The van der Waals surface area contributed by atoms with E-state index in [-0.39, 0.29) is 0 Å². The number of carbonyl (C=O) groups is 1. The maximum Gasteiger partial charge on any atom is 0.152 e. The summed E-state index contributed by atoms with van der Waals surface area (Å²) in [4.78, 5) is 13.2. The minimum absolute atomic E-state index is 0.588. The van der Waals surface area contributed by atoms with Crippen molar-refractivity contribution in [1.82, 2.24) is 0 Å². The van der Waals surface area contributed by atoms with Gasteiger partial charge in [-0.25, -0.2) is 0 Å². The number of nitrogens with zero attached hydrogens (tertiary/aromatic N) is 1. The molecule has 3 heteroatoms. The first-order chi connectivity index (χ1) is 7.85. The van der Waals surface area contributed by atoms with Crippen molar-refractivity contribution < 1.29 is 9.53 Å². The molecule has 0 radical (unpaired) electrons. The molecule has 0 amide bonds. The Bertz CT molecular complexity index is 365. The van der Waals surface area contributed by atoms with Crippen molar-refractivity contribution in [3.8, 4) is 0 Å². The molecule has 1 saturated heterocycles. The molecular weight excluding hydrogens is 202 g/mol. The van der Waals surface area contributed by atoms with Gasteiger partial charge in [-0.2, -0.15) is 0 Å². The van der Waals surface area contributed by atoms with Crippen LogP contribution in [0.3, 0.4) is 0 Å². The van der Waals surface area contributed by atoms with Crippen LogP contribution in [0.1, 0.15) is 16.8 Å². The number of hydrogen-bond acceptors (Lipinski definition) is 3. The van der Waals surface area contributed by atoms with Gasteiger partial charge >= 0.3 is 0 Å². The van der Waals surface area contributed by atoms with Gasteiger partial charge in [-0.3, -0.25) is 4.79 Å². The highest BCUT2D eigenvalue weighted by Gasteiger charge is 2.23. The molecule has 0 saturated carbocycles. The Hall–Kier alpha value is -1.35. The van der Waals surface area contributed by atoms with Gasteiger partial charge in [-0.1, -0.05) is 12.1 Å². The lowest BCUT2D eigenvalue weighted by Gasteiger charge is -2.20. The summed E-state index contributed by atoms with van der Waals surface area (Å²) in [5.41, 5.74) is 1.83. The van der Waals surface area contributed by atoms with Crippen LogP contribution >= 0.6 is 0 Å². The molecular formula is C13H17NO2. The third-order valence-corrected chi connectivity index (χ3v) is 3.09. The zero-order chi connectivity index (χ0) is 11.4. The molecule has 1 aromatic rings. The van der Waals surface area contributed by atoms with E-state index in [9.17, 15) is 4.79 Å². The standard InChI is InChI=1S/C13H17NO2/c1-16-10-11-6-7-14(8-11)13-5-3-2-4-12(13)9-15/h2-5,9,11H,6-8,10H2,1H3. The van der Waals surface area contributed by atoms with Gasteiger partial charge in [0.1, 0.15) is 0 Å². The molecule has 0 bridgehead atoms. The van der Waals surface area contributed by atoms with E-state index in [2.05, 4.69) is 4.90 Å². The van der Waals surface area contributed by atoms with Gasteiger partial charge in [0.2, 0.25) is 0 Å². The second kappa shape index (κ2) is 5.12. The monoisotopic (exact) mass is 219 g/mol. The second-order valence-corrected chi connectivity index (χ2v) is 4.23. The highest BCUT2D eigenvalue weighted by molar-refractivity contribution is 5.84. The maximum atomic E-state index is 10.9. The average molecular weight is 219 g/mol. The van der Waals surface area contributed by atoms with E-state index in [4.69, 9.17) is 4.74 Å². The third kappa shape index (κ3) is 2.25. The number of hydrogen-bond donors (Lipinski definition) is 0. The summed E-state index contributed by atoms with van der Waals surface area (Å²) in [6, 6.07) is 7.76. The van der Waals surface area contributed by atoms with Crippen LogP contribution in [-0.2, 0) is 4.74 Å². The van der Waals surface area contributed by atoms with Crippen LogP contribution in [0.15, 0.2) is 24.3 Å². The maximum absolute atomic E-state index is 10.9. The van der Waals surface area contributed by atoms with Gasteiger partial charge in [-0.15, -0.1) is 0 Å². The summed E-state index contributed by atoms with van der Waals surface area (Å²) in [5.74, 6) is 0.588. The number of para-hydroxylation sites is 1. The Morgan fingerprint density at radius 3 is 3.06 bits per heavy atom. The topological polar surface area (TPSA) is 29.5 Å². The number of rotatable bonds is 4. The van der Waals surface area contributed by atoms with Gasteiger partial charge in [0.15, 0.2) is 6.29 Å². The quantitative estimate of drug-likeness (QED) is 0.725. The molecule has 0 spiro atoms. The molecule has 2 rings (SSSR count). The number of methoxy groups -OCH3 is 1. The Labute approximate surface area is 96.0 Å². The van der Waals surface area contributed by atoms with Gasteiger partial charge < -0.3 is 9.64 Å². The summed E-state index contributed by atoms with van der Waals surface area (Å²) in [6.45, 7) is 2.80. The molecule has 0 N–H and O–H groups in total. The van der Waals surface area contributed by atoms with Crippen LogP contribution < -0.4 is 4.90 Å². The smallest absolute Gasteiger partial charge is 0.152 e. The Morgan fingerprint density at radius 1 is 1.50 bits per heavy atom. The summed E-state index contributed by atoms with van der Waals surface area (Å²) in [5, 5.41) is 0. The predicted molar refractivity (Wildman–Crippen MR) is 64.0 cm³/mol. The molecule has 1 atom stereocenters. The molecule has 1 unspecified atom stereocenters. The van der Waals surface area contributed by atoms with E-state index in [0.29, 0.717) is 5.92 Å². The number of carbonyl (C=O) groups excluding carboxylic acids is 1. The van der Waals surface area contributed by atoms with Crippen LogP contribution in [0.4, 0.5) is 5.69 Å². The largest absolute Gasteiger partial charge is 0.384 e. The van der Waals surface area contributed by atoms with E-state index in [1.807, 2.05) is 24.3 Å². The molecule has 16 heavy (non-hydrogen) atoms. The van der Waals surface area contributed by atoms with Crippen LogP contribution in [0.25, 0.3) is 0 Å². The zero-order valence-electron chi connectivity index (χ0n) is 9.56. The Balaban J connectivity index is 2.11. The minimum atomic E-state index is 0.588. The van der Waals surface area contributed by atoms with Gasteiger partial charge in [-0.05, 0) is 18.6 Å². The van der Waals surface area contributed by atoms with Gasteiger partial charge in [0, 0.05) is 37.4 Å². The summed E-state index contributed by atoms with van der Waals surface area (Å²) < 4.78 is 5.17. The molecule has 1 aliphatic heterocycles. The molecule has 1 aromatic carbocycles. The van der Waals surface area contributed by atoms with Crippen molar-refractivity contribution >= 4 is 12.0 Å². The van der Waals surface area contributed by atoms with E-state index in [1.54, 1.807) is 7.11 Å². The Morgan fingerprint density at radius 2 is 2.31 bits per heavy atom. The van der Waals surface area contributed by atoms with Crippen molar-refractivity contribution in [2.24, 2.45) is 5.92 Å². The van der Waals surface area contributed by atoms with E-state index < -0.39 is 0 Å². The number of ether oxygens (including phenoxy) is 1. The van der Waals surface area contributed by atoms with Crippen molar-refractivity contribution in [3.05, 3.63) is 29.8 Å². The molecule has 1 fully saturated rings. The van der Waals surface area contributed by atoms with Crippen molar-refractivity contribution in [1.29, 1.82) is 0 Å². The fraction of sp³-hybridized carbons (Fsp3) is 0.462. The van der Waals surface area contributed by atoms with Crippen molar-refractivity contribution in [3.63, 3.8) is 0 Å². The number of aldehydes is 1. The molecule has 1 heterocycles. The highest BCUT2D eigenvalue weighted by atomic mass is 16.5. The summed E-state index contributed by atoms with van der Waals surface area (Å²) in [7, 11) is 1.74. The first-order valence-electron chi connectivity index (χ1n) is 5.63. The average Bonchev–Trinajstić information content (AvgIpc) is 2.78. The highest BCUT2D eigenvalue weighted by Crippen LogP contribution is 2.26. The Kier molecular flexibility index (Phi) is 3.57. The van der Waals surface area contributed by atoms with E-state index >= 15 is 0 Å². The van der Waals surface area contributed by atoms with Crippen molar-refractivity contribution in [2.75, 3.05) is 31.7 Å². The minimum Gasteiger partial charge on any atom is -0.384 e. The van der Waals surface area contributed by atoms with E-state index in [1.165, 1.54) is 0 Å². The van der Waals surface area contributed by atoms with E-state index in [0.717, 1.165) is 43.7 Å². The second-order valence-electron chi connectivity index (χ2n) is 4.23.